The summed E-state index contributed by atoms with van der Waals surface area (Å²) in [6.07, 6.45) is 3.91. The SMILES string of the molecule is CCC(=O)[C@@H]1[C@H]2CCC(C[C@H]1c1ccc(Cl)c(Cl)c1)N2. The van der Waals surface area contributed by atoms with Gasteiger partial charge in [0.05, 0.1) is 10.0 Å². The molecule has 2 heterocycles. The molecule has 0 aliphatic carbocycles. The Hall–Kier alpha value is -0.570. The van der Waals surface area contributed by atoms with Gasteiger partial charge in [0, 0.05) is 24.4 Å². The quantitative estimate of drug-likeness (QED) is 0.906. The van der Waals surface area contributed by atoms with Gasteiger partial charge in [-0.05, 0) is 42.9 Å². The minimum absolute atomic E-state index is 0.0796. The van der Waals surface area contributed by atoms with Crippen LogP contribution in [0.25, 0.3) is 0 Å². The Morgan fingerprint density at radius 2 is 2.10 bits per heavy atom. The molecule has 2 fully saturated rings. The lowest BCUT2D eigenvalue weighted by Crippen LogP contribution is -2.47. The summed E-state index contributed by atoms with van der Waals surface area (Å²) in [7, 11) is 0. The summed E-state index contributed by atoms with van der Waals surface area (Å²) in [5.41, 5.74) is 1.16. The Morgan fingerprint density at radius 1 is 1.30 bits per heavy atom. The molecule has 2 aliphatic rings. The smallest absolute Gasteiger partial charge is 0.137 e. The molecule has 108 valence electrons. The van der Waals surface area contributed by atoms with Crippen LogP contribution in [0.5, 0.6) is 0 Å². The molecular weight excluding hydrogens is 293 g/mol. The number of hydrogen-bond acceptors (Lipinski definition) is 2. The molecule has 1 unspecified atom stereocenters. The minimum atomic E-state index is 0.0796. The molecule has 0 aromatic heterocycles. The largest absolute Gasteiger partial charge is 0.310 e. The molecule has 0 radical (unpaired) electrons. The number of Topliss-reactive ketones (excluding diaryl/α,β-unsaturated/α-hetero) is 1. The summed E-state index contributed by atoms with van der Waals surface area (Å²) in [5.74, 6) is 0.714. The first-order valence-electron chi connectivity index (χ1n) is 7.34. The van der Waals surface area contributed by atoms with Crippen LogP contribution >= 0.6 is 23.2 Å². The molecule has 3 rings (SSSR count). The van der Waals surface area contributed by atoms with Crippen LogP contribution in [0.4, 0.5) is 0 Å². The van der Waals surface area contributed by atoms with E-state index in [2.05, 4.69) is 5.32 Å². The van der Waals surface area contributed by atoms with Crippen LogP contribution in [0.3, 0.4) is 0 Å². The molecule has 2 aliphatic heterocycles. The second-order valence-corrected chi connectivity index (χ2v) is 6.72. The van der Waals surface area contributed by atoms with Gasteiger partial charge in [0.2, 0.25) is 0 Å². The third-order valence-electron chi connectivity index (χ3n) is 4.77. The lowest BCUT2D eigenvalue weighted by atomic mass is 9.74. The summed E-state index contributed by atoms with van der Waals surface area (Å²) in [6.45, 7) is 1.95. The van der Waals surface area contributed by atoms with Crippen LogP contribution in [-0.2, 0) is 4.79 Å². The lowest BCUT2D eigenvalue weighted by Gasteiger charge is -2.37. The molecule has 2 bridgehead atoms. The van der Waals surface area contributed by atoms with Gasteiger partial charge in [0.15, 0.2) is 0 Å². The fourth-order valence-electron chi connectivity index (χ4n) is 3.82. The summed E-state index contributed by atoms with van der Waals surface area (Å²) < 4.78 is 0. The number of ketones is 1. The van der Waals surface area contributed by atoms with E-state index in [1.807, 2.05) is 25.1 Å². The zero-order valence-corrected chi connectivity index (χ0v) is 13.0. The van der Waals surface area contributed by atoms with Gasteiger partial charge in [-0.3, -0.25) is 4.79 Å². The summed E-state index contributed by atoms with van der Waals surface area (Å²) in [5, 5.41) is 4.76. The van der Waals surface area contributed by atoms with Crippen molar-refractivity contribution in [3.05, 3.63) is 33.8 Å². The van der Waals surface area contributed by atoms with Crippen molar-refractivity contribution in [2.75, 3.05) is 0 Å². The molecule has 0 spiro atoms. The van der Waals surface area contributed by atoms with Crippen LogP contribution in [0.2, 0.25) is 10.0 Å². The van der Waals surface area contributed by atoms with Crippen molar-refractivity contribution in [2.45, 2.75) is 50.6 Å². The standard InChI is InChI=1S/C16H19Cl2NO/c1-2-15(20)16-11(8-10-4-6-14(16)19-10)9-3-5-12(17)13(18)7-9/h3,5,7,10-11,14,16,19H,2,4,6,8H2,1H3/t10?,11-,14+,16-/m0/s1. The highest BCUT2D eigenvalue weighted by molar-refractivity contribution is 6.42. The van der Waals surface area contributed by atoms with Crippen LogP contribution in [0.1, 0.15) is 44.1 Å². The topological polar surface area (TPSA) is 29.1 Å². The summed E-state index contributed by atoms with van der Waals surface area (Å²) in [6, 6.07) is 6.69. The predicted molar refractivity (Wildman–Crippen MR) is 82.6 cm³/mol. The Labute approximate surface area is 129 Å². The highest BCUT2D eigenvalue weighted by Crippen LogP contribution is 2.43. The number of halogens is 2. The molecule has 4 atom stereocenters. The third kappa shape index (κ3) is 2.49. The van der Waals surface area contributed by atoms with E-state index in [1.165, 1.54) is 6.42 Å². The Morgan fingerprint density at radius 3 is 2.80 bits per heavy atom. The van der Waals surface area contributed by atoms with Crippen molar-refractivity contribution in [1.82, 2.24) is 5.32 Å². The fourth-order valence-corrected chi connectivity index (χ4v) is 4.13. The lowest BCUT2D eigenvalue weighted by molar-refractivity contribution is -0.124. The second kappa shape index (κ2) is 5.67. The maximum atomic E-state index is 12.4. The normalized spacial score (nSPS) is 32.4. The van der Waals surface area contributed by atoms with Gasteiger partial charge in [-0.25, -0.2) is 0 Å². The minimum Gasteiger partial charge on any atom is -0.310 e. The van der Waals surface area contributed by atoms with E-state index >= 15 is 0 Å². The molecule has 2 saturated heterocycles. The number of rotatable bonds is 3. The van der Waals surface area contributed by atoms with Crippen molar-refractivity contribution >= 4 is 29.0 Å². The molecule has 1 aromatic carbocycles. The molecule has 0 saturated carbocycles. The monoisotopic (exact) mass is 311 g/mol. The van der Waals surface area contributed by atoms with Crippen molar-refractivity contribution in [3.63, 3.8) is 0 Å². The zero-order chi connectivity index (χ0) is 14.3. The van der Waals surface area contributed by atoms with Gasteiger partial charge in [0.25, 0.3) is 0 Å². The van der Waals surface area contributed by atoms with E-state index in [0.717, 1.165) is 18.4 Å². The van der Waals surface area contributed by atoms with Crippen LogP contribution in [-0.4, -0.2) is 17.9 Å². The number of carbonyl (C=O) groups is 1. The van der Waals surface area contributed by atoms with Gasteiger partial charge < -0.3 is 5.32 Å². The van der Waals surface area contributed by atoms with E-state index in [9.17, 15) is 4.79 Å². The highest BCUT2D eigenvalue weighted by Gasteiger charge is 2.44. The summed E-state index contributed by atoms with van der Waals surface area (Å²) in [4.78, 5) is 12.4. The first-order chi connectivity index (χ1) is 9.60. The molecule has 1 aromatic rings. The molecule has 1 N–H and O–H groups in total. The number of hydrogen-bond donors (Lipinski definition) is 1. The van der Waals surface area contributed by atoms with Gasteiger partial charge in [-0.15, -0.1) is 0 Å². The molecular formula is C16H19Cl2NO. The molecule has 0 amide bonds. The van der Waals surface area contributed by atoms with Gasteiger partial charge >= 0.3 is 0 Å². The summed E-state index contributed by atoms with van der Waals surface area (Å²) >= 11 is 12.2. The van der Waals surface area contributed by atoms with Crippen LogP contribution in [0.15, 0.2) is 18.2 Å². The van der Waals surface area contributed by atoms with E-state index in [-0.39, 0.29) is 11.8 Å². The van der Waals surface area contributed by atoms with E-state index in [4.69, 9.17) is 23.2 Å². The highest BCUT2D eigenvalue weighted by atomic mass is 35.5. The number of piperidine rings is 1. The first kappa shape index (κ1) is 14.4. The average molecular weight is 312 g/mol. The van der Waals surface area contributed by atoms with E-state index in [0.29, 0.717) is 34.3 Å². The van der Waals surface area contributed by atoms with Crippen molar-refractivity contribution in [1.29, 1.82) is 0 Å². The molecule has 20 heavy (non-hydrogen) atoms. The maximum absolute atomic E-state index is 12.4. The number of benzene rings is 1. The van der Waals surface area contributed by atoms with E-state index in [1.54, 1.807) is 0 Å². The Kier molecular flexibility index (Phi) is 4.07. The fraction of sp³-hybridized carbons (Fsp3) is 0.562. The van der Waals surface area contributed by atoms with Gasteiger partial charge in [0.1, 0.15) is 5.78 Å². The van der Waals surface area contributed by atoms with Crippen molar-refractivity contribution in [2.24, 2.45) is 5.92 Å². The second-order valence-electron chi connectivity index (χ2n) is 5.91. The van der Waals surface area contributed by atoms with Gasteiger partial charge in [-0.1, -0.05) is 36.2 Å². The zero-order valence-electron chi connectivity index (χ0n) is 11.5. The number of nitrogens with one attached hydrogen (secondary N) is 1. The van der Waals surface area contributed by atoms with Crippen LogP contribution < -0.4 is 5.32 Å². The van der Waals surface area contributed by atoms with Crippen LogP contribution in [0, 0.1) is 5.92 Å². The predicted octanol–water partition coefficient (Wildman–Crippen LogP) is 4.20. The molecule has 4 heteroatoms. The Balaban J connectivity index is 1.96. The molecule has 2 nitrogen and oxygen atoms in total. The number of carbonyl (C=O) groups excluding carboxylic acids is 1. The first-order valence-corrected chi connectivity index (χ1v) is 8.09. The maximum Gasteiger partial charge on any atom is 0.137 e. The van der Waals surface area contributed by atoms with Gasteiger partial charge in [-0.2, -0.15) is 0 Å². The average Bonchev–Trinajstić information content (AvgIpc) is 2.82. The van der Waals surface area contributed by atoms with Crippen molar-refractivity contribution < 1.29 is 4.79 Å². The number of fused-ring (bicyclic) bond motifs is 2. The third-order valence-corrected chi connectivity index (χ3v) is 5.51. The Bertz CT molecular complexity index is 531. The van der Waals surface area contributed by atoms with Crippen molar-refractivity contribution in [3.8, 4) is 0 Å². The van der Waals surface area contributed by atoms with E-state index < -0.39 is 0 Å².